The van der Waals surface area contributed by atoms with Crippen molar-refractivity contribution in [3.05, 3.63) is 35.9 Å². The van der Waals surface area contributed by atoms with Crippen molar-refractivity contribution in [1.29, 1.82) is 0 Å². The van der Waals surface area contributed by atoms with Gasteiger partial charge in [-0.15, -0.1) is 0 Å². The number of carboxylic acid groups (broad SMARTS) is 2. The maximum absolute atomic E-state index is 12.5. The molecule has 0 unspecified atom stereocenters. The highest BCUT2D eigenvalue weighted by molar-refractivity contribution is 7.80. The van der Waals surface area contributed by atoms with Crippen molar-refractivity contribution in [3.8, 4) is 0 Å². The van der Waals surface area contributed by atoms with Crippen LogP contribution in [0.2, 0.25) is 0 Å². The van der Waals surface area contributed by atoms with Crippen molar-refractivity contribution in [2.75, 3.05) is 5.75 Å². The maximum atomic E-state index is 12.5. The monoisotopic (exact) mass is 411 g/mol. The molecule has 0 aliphatic heterocycles. The quantitative estimate of drug-likeness (QED) is 0.186. The van der Waals surface area contributed by atoms with E-state index in [4.69, 9.17) is 10.2 Å². The lowest BCUT2D eigenvalue weighted by atomic mass is 10.0. The van der Waals surface area contributed by atoms with Gasteiger partial charge in [0.2, 0.25) is 18.2 Å². The van der Waals surface area contributed by atoms with E-state index in [2.05, 4.69) is 28.6 Å². The highest BCUT2D eigenvalue weighted by atomic mass is 32.1. The topological polar surface area (TPSA) is 162 Å². The molecule has 3 amide bonds. The molecule has 0 aliphatic rings. The maximum Gasteiger partial charge on any atom is 0.327 e. The van der Waals surface area contributed by atoms with Gasteiger partial charge in [-0.1, -0.05) is 30.3 Å². The van der Waals surface area contributed by atoms with E-state index < -0.39 is 48.3 Å². The Hall–Kier alpha value is -3.08. The number of nitrogens with one attached hydrogen (secondary N) is 3. The van der Waals surface area contributed by atoms with Gasteiger partial charge in [-0.25, -0.2) is 4.79 Å². The molecule has 0 spiro atoms. The molecule has 1 aromatic rings. The van der Waals surface area contributed by atoms with Gasteiger partial charge >= 0.3 is 11.9 Å². The van der Waals surface area contributed by atoms with Crippen molar-refractivity contribution in [2.45, 2.75) is 31.0 Å². The minimum absolute atomic E-state index is 0.0260. The van der Waals surface area contributed by atoms with Crippen LogP contribution in [0.15, 0.2) is 30.3 Å². The van der Waals surface area contributed by atoms with E-state index in [1.54, 1.807) is 30.3 Å². The first kappa shape index (κ1) is 23.0. The van der Waals surface area contributed by atoms with E-state index in [9.17, 15) is 24.0 Å². The zero-order valence-electron chi connectivity index (χ0n) is 14.7. The van der Waals surface area contributed by atoms with Crippen LogP contribution < -0.4 is 16.0 Å². The Morgan fingerprint density at radius 3 is 2.04 bits per heavy atom. The third kappa shape index (κ3) is 7.66. The van der Waals surface area contributed by atoms with E-state index in [0.717, 1.165) is 0 Å². The number of carboxylic acids is 2. The third-order valence-electron chi connectivity index (χ3n) is 3.68. The van der Waals surface area contributed by atoms with Crippen LogP contribution in [0.3, 0.4) is 0 Å². The molecule has 10 nitrogen and oxygen atoms in total. The predicted molar refractivity (Wildman–Crippen MR) is 101 cm³/mol. The van der Waals surface area contributed by atoms with Gasteiger partial charge in [-0.05, 0) is 5.56 Å². The summed E-state index contributed by atoms with van der Waals surface area (Å²) in [5.74, 6) is -4.44. The standard InChI is InChI=1S/C17H21N3O7S/c21-9-18-11(7-14(22)23)15(24)19-12(6-10-4-2-1-3-5-10)16(25)20-13(8-28)17(26)27/h1-5,9,11-13,28H,6-8H2,(H,18,21)(H,19,24)(H,20,25)(H,22,23)(H,26,27)/t11-,12-,13-/m0/s1. The fraction of sp³-hybridized carbons (Fsp3) is 0.353. The Bertz CT molecular complexity index is 714. The van der Waals surface area contributed by atoms with Crippen LogP contribution in [-0.4, -0.2) is 64.3 Å². The molecule has 28 heavy (non-hydrogen) atoms. The summed E-state index contributed by atoms with van der Waals surface area (Å²) in [6.45, 7) is 0. The number of carbonyl (C=O) groups is 5. The van der Waals surface area contributed by atoms with Crippen molar-refractivity contribution in [2.24, 2.45) is 0 Å². The van der Waals surface area contributed by atoms with Gasteiger partial charge in [0.25, 0.3) is 0 Å². The van der Waals surface area contributed by atoms with Gasteiger partial charge in [0.15, 0.2) is 0 Å². The summed E-state index contributed by atoms with van der Waals surface area (Å²) < 4.78 is 0. The van der Waals surface area contributed by atoms with E-state index >= 15 is 0 Å². The van der Waals surface area contributed by atoms with Gasteiger partial charge in [0.1, 0.15) is 18.1 Å². The summed E-state index contributed by atoms with van der Waals surface area (Å²) in [5.41, 5.74) is 0.679. The zero-order valence-corrected chi connectivity index (χ0v) is 15.6. The normalized spacial score (nSPS) is 13.5. The lowest BCUT2D eigenvalue weighted by Gasteiger charge is -2.23. The van der Waals surface area contributed by atoms with Crippen molar-refractivity contribution >= 4 is 42.8 Å². The molecule has 1 aromatic carbocycles. The molecule has 0 fully saturated rings. The van der Waals surface area contributed by atoms with Gasteiger partial charge in [-0.2, -0.15) is 12.6 Å². The molecule has 152 valence electrons. The minimum atomic E-state index is -1.39. The predicted octanol–water partition coefficient (Wildman–Crippen LogP) is -1.20. The highest BCUT2D eigenvalue weighted by Crippen LogP contribution is 2.05. The summed E-state index contributed by atoms with van der Waals surface area (Å²) in [7, 11) is 0. The lowest BCUT2D eigenvalue weighted by Crippen LogP contribution is -2.56. The van der Waals surface area contributed by atoms with Gasteiger partial charge in [0.05, 0.1) is 6.42 Å². The molecule has 0 radical (unpaired) electrons. The molecule has 1 rings (SSSR count). The Balaban J connectivity index is 2.99. The number of thiol groups is 1. The number of benzene rings is 1. The van der Waals surface area contributed by atoms with Crippen molar-refractivity contribution in [3.63, 3.8) is 0 Å². The average Bonchev–Trinajstić information content (AvgIpc) is 2.65. The molecule has 11 heteroatoms. The van der Waals surface area contributed by atoms with Crippen LogP contribution in [0.4, 0.5) is 0 Å². The van der Waals surface area contributed by atoms with E-state index in [-0.39, 0.29) is 18.6 Å². The second-order valence-corrected chi connectivity index (χ2v) is 6.13. The van der Waals surface area contributed by atoms with Gasteiger partial charge in [-0.3, -0.25) is 19.2 Å². The largest absolute Gasteiger partial charge is 0.481 e. The smallest absolute Gasteiger partial charge is 0.327 e. The number of rotatable bonds is 12. The van der Waals surface area contributed by atoms with Gasteiger partial charge < -0.3 is 26.2 Å². The summed E-state index contributed by atoms with van der Waals surface area (Å²) in [6, 6.07) is 4.77. The number of hydrogen-bond acceptors (Lipinski definition) is 6. The highest BCUT2D eigenvalue weighted by Gasteiger charge is 2.29. The molecule has 0 saturated heterocycles. The van der Waals surface area contributed by atoms with Crippen LogP contribution in [0.1, 0.15) is 12.0 Å². The summed E-state index contributed by atoms with van der Waals surface area (Å²) in [4.78, 5) is 57.5. The Morgan fingerprint density at radius 2 is 1.54 bits per heavy atom. The van der Waals surface area contributed by atoms with Crippen LogP contribution in [-0.2, 0) is 30.4 Å². The van der Waals surface area contributed by atoms with Crippen LogP contribution in [0.25, 0.3) is 0 Å². The summed E-state index contributed by atoms with van der Waals surface area (Å²) in [6.07, 6.45) is -0.475. The van der Waals surface area contributed by atoms with E-state index in [1.165, 1.54) is 0 Å². The lowest BCUT2D eigenvalue weighted by molar-refractivity contribution is -0.142. The molecule has 5 N–H and O–H groups in total. The molecule has 3 atom stereocenters. The number of carbonyl (C=O) groups excluding carboxylic acids is 3. The molecule has 0 saturated carbocycles. The van der Waals surface area contributed by atoms with E-state index in [0.29, 0.717) is 5.56 Å². The number of hydrogen-bond donors (Lipinski definition) is 6. The first-order chi connectivity index (χ1) is 13.3. The molecule has 0 aromatic heterocycles. The van der Waals surface area contributed by atoms with Crippen LogP contribution >= 0.6 is 12.6 Å². The fourth-order valence-corrected chi connectivity index (χ4v) is 2.52. The average molecular weight is 411 g/mol. The van der Waals surface area contributed by atoms with Crippen molar-refractivity contribution < 1.29 is 34.2 Å². The summed E-state index contributed by atoms with van der Waals surface area (Å²) >= 11 is 3.87. The first-order valence-electron chi connectivity index (χ1n) is 8.18. The Morgan fingerprint density at radius 1 is 0.964 bits per heavy atom. The second kappa shape index (κ2) is 11.6. The molecular formula is C17H21N3O7S. The molecule has 0 heterocycles. The molecule has 0 aliphatic carbocycles. The zero-order chi connectivity index (χ0) is 21.1. The van der Waals surface area contributed by atoms with Gasteiger partial charge in [0, 0.05) is 12.2 Å². The Labute approximate surface area is 166 Å². The third-order valence-corrected chi connectivity index (χ3v) is 4.04. The van der Waals surface area contributed by atoms with Crippen LogP contribution in [0.5, 0.6) is 0 Å². The second-order valence-electron chi connectivity index (χ2n) is 5.77. The number of amides is 3. The number of aliphatic carboxylic acids is 2. The fourth-order valence-electron chi connectivity index (χ4n) is 2.27. The first-order valence-corrected chi connectivity index (χ1v) is 8.81. The van der Waals surface area contributed by atoms with Crippen molar-refractivity contribution in [1.82, 2.24) is 16.0 Å². The Kier molecular flexibility index (Phi) is 9.51. The van der Waals surface area contributed by atoms with E-state index in [1.807, 2.05) is 0 Å². The summed E-state index contributed by atoms with van der Waals surface area (Å²) in [5, 5.41) is 24.6. The minimum Gasteiger partial charge on any atom is -0.481 e. The van der Waals surface area contributed by atoms with Crippen LogP contribution in [0, 0.1) is 0 Å². The SMILES string of the molecule is O=CN[C@@H](CC(=O)O)C(=O)N[C@@H](Cc1ccccc1)C(=O)N[C@@H](CS)C(=O)O. The molecular weight excluding hydrogens is 390 g/mol. The molecule has 0 bridgehead atoms.